The summed E-state index contributed by atoms with van der Waals surface area (Å²) in [5.41, 5.74) is 5.10. The van der Waals surface area contributed by atoms with Crippen molar-refractivity contribution in [1.82, 2.24) is 16.2 Å². The van der Waals surface area contributed by atoms with E-state index in [1.165, 1.54) is 30.7 Å². The molecule has 0 bridgehead atoms. The number of amides is 1. The zero-order valence-electron chi connectivity index (χ0n) is 14.2. The molecule has 0 aromatic carbocycles. The first-order valence-corrected chi connectivity index (χ1v) is 8.56. The van der Waals surface area contributed by atoms with Gasteiger partial charge in [-0.15, -0.1) is 0 Å². The van der Waals surface area contributed by atoms with Crippen molar-refractivity contribution in [1.29, 1.82) is 0 Å². The Hall–Kier alpha value is -2.42. The van der Waals surface area contributed by atoms with Gasteiger partial charge in [0.15, 0.2) is 5.11 Å². The zero-order chi connectivity index (χ0) is 18.4. The molecule has 0 unspecified atom stereocenters. The molecule has 8 nitrogen and oxygen atoms in total. The van der Waals surface area contributed by atoms with E-state index in [1.807, 2.05) is 0 Å². The van der Waals surface area contributed by atoms with E-state index in [0.29, 0.717) is 23.0 Å². The zero-order valence-corrected chi connectivity index (χ0v) is 15.0. The lowest BCUT2D eigenvalue weighted by Crippen LogP contribution is -2.52. The molecule has 2 rings (SSSR count). The quantitative estimate of drug-likeness (QED) is 0.325. The molecule has 3 N–H and O–H groups in total. The van der Waals surface area contributed by atoms with Crippen LogP contribution in [0.3, 0.4) is 0 Å². The monoisotopic (exact) mass is 366 g/mol. The van der Waals surface area contributed by atoms with Gasteiger partial charge in [0.05, 0.1) is 6.07 Å². The van der Waals surface area contributed by atoms with Crippen LogP contribution in [-0.4, -0.2) is 22.0 Å². The third-order valence-corrected chi connectivity index (χ3v) is 4.73. The topological polar surface area (TPSA) is 109 Å². The maximum absolute atomic E-state index is 11.7. The fourth-order valence-corrected chi connectivity index (χ4v) is 3.04. The standard InChI is InChI=1S/C16H22N4O4S/c1-10-4-3-5-13(11(10)2)17-16(25)19-18-14(21)8-6-12-7-9-15(24-12)20(22)23/h6-11,13H,3-5H2,1-2H3,(H,18,21)(H2,17,19,25)/b8-6+/t10-,11+,13+/m0/s1. The highest BCUT2D eigenvalue weighted by molar-refractivity contribution is 7.80. The van der Waals surface area contributed by atoms with Crippen LogP contribution < -0.4 is 16.2 Å². The minimum Gasteiger partial charge on any atom is -0.401 e. The first-order valence-electron chi connectivity index (χ1n) is 8.15. The van der Waals surface area contributed by atoms with Crippen LogP contribution in [-0.2, 0) is 4.79 Å². The second-order valence-corrected chi connectivity index (χ2v) is 6.64. The third-order valence-electron chi connectivity index (χ3n) is 4.51. The van der Waals surface area contributed by atoms with Crippen molar-refractivity contribution in [3.63, 3.8) is 0 Å². The van der Waals surface area contributed by atoms with Gasteiger partial charge < -0.3 is 9.73 Å². The average molecular weight is 366 g/mol. The smallest absolute Gasteiger partial charge is 0.401 e. The minimum absolute atomic E-state index is 0.215. The van der Waals surface area contributed by atoms with Gasteiger partial charge in [0.2, 0.25) is 0 Å². The Kier molecular flexibility index (Phi) is 6.51. The summed E-state index contributed by atoms with van der Waals surface area (Å²) in [7, 11) is 0. The maximum atomic E-state index is 11.7. The van der Waals surface area contributed by atoms with Gasteiger partial charge in [-0.25, -0.2) is 0 Å². The molecule has 1 aromatic rings. The summed E-state index contributed by atoms with van der Waals surface area (Å²) in [5, 5.41) is 14.1. The molecule has 9 heteroatoms. The molecule has 1 heterocycles. The van der Waals surface area contributed by atoms with E-state index < -0.39 is 10.8 Å². The Balaban J connectivity index is 1.76. The summed E-state index contributed by atoms with van der Waals surface area (Å²) in [5.74, 6) is 0.544. The Morgan fingerprint density at radius 1 is 1.36 bits per heavy atom. The van der Waals surface area contributed by atoms with Gasteiger partial charge >= 0.3 is 5.88 Å². The van der Waals surface area contributed by atoms with Crippen LogP contribution in [0.2, 0.25) is 0 Å². The van der Waals surface area contributed by atoms with E-state index in [1.54, 1.807) is 0 Å². The first kappa shape index (κ1) is 18.9. The van der Waals surface area contributed by atoms with Crippen LogP contribution in [0.5, 0.6) is 0 Å². The number of nitro groups is 1. The highest BCUT2D eigenvalue weighted by atomic mass is 32.1. The van der Waals surface area contributed by atoms with Crippen molar-refractivity contribution in [3.8, 4) is 0 Å². The summed E-state index contributed by atoms with van der Waals surface area (Å²) < 4.78 is 4.92. The summed E-state index contributed by atoms with van der Waals surface area (Å²) >= 11 is 5.20. The van der Waals surface area contributed by atoms with Gasteiger partial charge in [-0.3, -0.25) is 25.8 Å². The number of hydrogen-bond donors (Lipinski definition) is 3. The second kappa shape index (κ2) is 8.61. The highest BCUT2D eigenvalue weighted by Gasteiger charge is 2.27. The molecule has 0 aliphatic heterocycles. The molecule has 0 saturated heterocycles. The predicted molar refractivity (Wildman–Crippen MR) is 97.4 cm³/mol. The molecule has 136 valence electrons. The summed E-state index contributed by atoms with van der Waals surface area (Å²) in [6, 6.07) is 2.92. The average Bonchev–Trinajstić information content (AvgIpc) is 3.04. The van der Waals surface area contributed by atoms with Gasteiger partial charge in [0, 0.05) is 12.1 Å². The molecule has 25 heavy (non-hydrogen) atoms. The Labute approximate surface area is 151 Å². The van der Waals surface area contributed by atoms with Crippen molar-refractivity contribution < 1.29 is 14.1 Å². The number of hydrazine groups is 1. The number of nitrogens with zero attached hydrogens (tertiary/aromatic N) is 1. The molecule has 1 aromatic heterocycles. The molecular weight excluding hydrogens is 344 g/mol. The molecule has 1 fully saturated rings. The van der Waals surface area contributed by atoms with Crippen LogP contribution in [0.15, 0.2) is 22.6 Å². The van der Waals surface area contributed by atoms with Crippen molar-refractivity contribution in [2.24, 2.45) is 11.8 Å². The van der Waals surface area contributed by atoms with Gasteiger partial charge in [-0.2, -0.15) is 0 Å². The molecule has 1 aliphatic rings. The van der Waals surface area contributed by atoms with Crippen molar-refractivity contribution in [2.75, 3.05) is 0 Å². The molecule has 1 amide bonds. The van der Waals surface area contributed by atoms with E-state index in [-0.39, 0.29) is 11.6 Å². The van der Waals surface area contributed by atoms with Crippen LogP contribution in [0.1, 0.15) is 38.9 Å². The van der Waals surface area contributed by atoms with E-state index in [9.17, 15) is 14.9 Å². The molecule has 0 spiro atoms. The Bertz CT molecular complexity index is 673. The molecule has 0 radical (unpaired) electrons. The van der Waals surface area contributed by atoms with Gasteiger partial charge in [0.1, 0.15) is 10.7 Å². The maximum Gasteiger partial charge on any atom is 0.433 e. The van der Waals surface area contributed by atoms with E-state index >= 15 is 0 Å². The van der Waals surface area contributed by atoms with E-state index in [2.05, 4.69) is 30.0 Å². The fraction of sp³-hybridized carbons (Fsp3) is 0.500. The molecular formula is C16H22N4O4S. The van der Waals surface area contributed by atoms with Crippen molar-refractivity contribution in [3.05, 3.63) is 34.1 Å². The van der Waals surface area contributed by atoms with Crippen LogP contribution >= 0.6 is 12.2 Å². The summed E-state index contributed by atoms with van der Waals surface area (Å²) in [6.45, 7) is 4.44. The number of rotatable bonds is 4. The van der Waals surface area contributed by atoms with Crippen molar-refractivity contribution in [2.45, 2.75) is 39.2 Å². The largest absolute Gasteiger partial charge is 0.433 e. The number of carbonyl (C=O) groups is 1. The minimum atomic E-state index is -0.643. The SMILES string of the molecule is C[C@@H]1[C@@H](C)CCC[C@H]1NC(=S)NNC(=O)/C=C/c1ccc([N+](=O)[O-])o1. The Morgan fingerprint density at radius 3 is 2.80 bits per heavy atom. The molecule has 3 atom stereocenters. The first-order chi connectivity index (χ1) is 11.9. The lowest BCUT2D eigenvalue weighted by Gasteiger charge is -2.35. The Morgan fingerprint density at radius 2 is 2.12 bits per heavy atom. The number of thiocarbonyl (C=S) groups is 1. The van der Waals surface area contributed by atoms with Crippen LogP contribution in [0.4, 0.5) is 5.88 Å². The van der Waals surface area contributed by atoms with Gasteiger partial charge in [-0.1, -0.05) is 26.7 Å². The van der Waals surface area contributed by atoms with Gasteiger partial charge in [-0.05, 0) is 42.6 Å². The lowest BCUT2D eigenvalue weighted by molar-refractivity contribution is -0.402. The fourth-order valence-electron chi connectivity index (χ4n) is 2.84. The van der Waals surface area contributed by atoms with Crippen molar-refractivity contribution >= 4 is 35.2 Å². The van der Waals surface area contributed by atoms with E-state index in [0.717, 1.165) is 12.8 Å². The normalized spacial score (nSPS) is 23.2. The summed E-state index contributed by atoms with van der Waals surface area (Å²) in [4.78, 5) is 21.6. The number of carbonyl (C=O) groups excluding carboxylic acids is 1. The summed E-state index contributed by atoms with van der Waals surface area (Å²) in [6.07, 6.45) is 5.98. The number of nitrogens with one attached hydrogen (secondary N) is 3. The van der Waals surface area contributed by atoms with Gasteiger partial charge in [0.25, 0.3) is 5.91 Å². The lowest BCUT2D eigenvalue weighted by atomic mass is 9.78. The number of furan rings is 1. The van der Waals surface area contributed by atoms with E-state index in [4.69, 9.17) is 16.6 Å². The number of hydrogen-bond acceptors (Lipinski definition) is 5. The highest BCUT2D eigenvalue weighted by Crippen LogP contribution is 2.29. The molecule has 1 saturated carbocycles. The molecule has 1 aliphatic carbocycles. The third kappa shape index (κ3) is 5.56. The second-order valence-electron chi connectivity index (χ2n) is 6.23. The predicted octanol–water partition coefficient (Wildman–Crippen LogP) is 2.52. The van der Waals surface area contributed by atoms with Crippen LogP contribution in [0.25, 0.3) is 6.08 Å². The van der Waals surface area contributed by atoms with Crippen LogP contribution in [0, 0.1) is 22.0 Å².